The molecule has 2 amide bonds. The van der Waals surface area contributed by atoms with Crippen LogP contribution < -0.4 is 10.6 Å². The van der Waals surface area contributed by atoms with Crippen LogP contribution in [0.15, 0.2) is 24.3 Å². The summed E-state index contributed by atoms with van der Waals surface area (Å²) in [4.78, 5) is 47.8. The maximum absolute atomic E-state index is 12.1. The summed E-state index contributed by atoms with van der Waals surface area (Å²) < 4.78 is 9.43. The number of rotatable bonds is 23. The number of esters is 2. The molecule has 2 unspecified atom stereocenters. The number of nitrogens with one attached hydrogen (secondary N) is 2. The third-order valence-electron chi connectivity index (χ3n) is 5.19. The van der Waals surface area contributed by atoms with E-state index in [9.17, 15) is 29.4 Å². The lowest BCUT2D eigenvalue weighted by atomic mass is 10.2. The van der Waals surface area contributed by atoms with Gasteiger partial charge < -0.3 is 30.3 Å². The Hall–Kier alpha value is -1.32. The predicted octanol–water partition coefficient (Wildman–Crippen LogP) is 2.58. The Morgan fingerprint density at radius 3 is 1.40 bits per heavy atom. The number of hydrogen-bond donors (Lipinski definition) is 4. The first-order chi connectivity index (χ1) is 19.2. The van der Waals surface area contributed by atoms with Gasteiger partial charge in [0.05, 0.1) is 39.3 Å². The van der Waals surface area contributed by atoms with E-state index in [1.165, 1.54) is 14.2 Å². The van der Waals surface area contributed by atoms with Crippen molar-refractivity contribution >= 4 is 68.9 Å². The van der Waals surface area contributed by atoms with E-state index in [0.717, 1.165) is 24.3 Å². The van der Waals surface area contributed by atoms with Crippen molar-refractivity contribution in [1.29, 1.82) is 0 Å². The predicted molar refractivity (Wildman–Crippen MR) is 168 cm³/mol. The van der Waals surface area contributed by atoms with Crippen molar-refractivity contribution in [3.05, 3.63) is 24.3 Å². The fourth-order valence-corrected chi connectivity index (χ4v) is 6.06. The summed E-state index contributed by atoms with van der Waals surface area (Å²) in [6, 6.07) is -1.43. The topological polar surface area (TPSA) is 151 Å². The minimum absolute atomic E-state index is 0.130. The Kier molecular flexibility index (Phi) is 24.6. The van der Waals surface area contributed by atoms with Crippen LogP contribution in [0.2, 0.25) is 0 Å². The molecule has 4 N–H and O–H groups in total. The summed E-state index contributed by atoms with van der Waals surface area (Å²) in [5, 5.41) is 25.4. The number of hydrogen-bond acceptors (Lipinski definition) is 12. The van der Waals surface area contributed by atoms with Crippen LogP contribution in [-0.4, -0.2) is 108 Å². The van der Waals surface area contributed by atoms with Crippen LogP contribution in [0.5, 0.6) is 0 Å². The van der Waals surface area contributed by atoms with Gasteiger partial charge in [0.15, 0.2) is 0 Å². The molecule has 0 fully saturated rings. The quantitative estimate of drug-likeness (QED) is 0.0562. The van der Waals surface area contributed by atoms with Gasteiger partial charge in [-0.25, -0.2) is 9.59 Å². The van der Waals surface area contributed by atoms with Gasteiger partial charge in [0.25, 0.3) is 0 Å². The minimum atomic E-state index is -0.933. The zero-order chi connectivity index (χ0) is 30.2. The van der Waals surface area contributed by atoms with Crippen molar-refractivity contribution in [3.8, 4) is 0 Å². The van der Waals surface area contributed by atoms with E-state index in [-0.39, 0.29) is 12.8 Å². The summed E-state index contributed by atoms with van der Waals surface area (Å²) in [6.45, 7) is 0. The normalized spacial score (nSPS) is 14.4. The molecule has 0 aliphatic heterocycles. The number of carbonyl (C=O) groups excluding carboxylic acids is 4. The first kappa shape index (κ1) is 38.7. The first-order valence-corrected chi connectivity index (χ1v) is 18.1. The van der Waals surface area contributed by atoms with Crippen LogP contribution in [0.4, 0.5) is 0 Å². The van der Waals surface area contributed by atoms with E-state index in [2.05, 4.69) is 10.6 Å². The maximum Gasteiger partial charge on any atom is 0.328 e. The molecule has 0 aliphatic rings. The van der Waals surface area contributed by atoms with Gasteiger partial charge in [-0.05, 0) is 49.7 Å². The number of allylic oxidation sites excluding steroid dienone is 2. The zero-order valence-corrected chi connectivity index (χ0v) is 26.9. The lowest BCUT2D eigenvalue weighted by Gasteiger charge is -2.16. The molecule has 0 saturated carbocycles. The smallest absolute Gasteiger partial charge is 0.328 e. The summed E-state index contributed by atoms with van der Waals surface area (Å²) in [5.41, 5.74) is 0. The van der Waals surface area contributed by atoms with Crippen LogP contribution in [0, 0.1) is 0 Å². The summed E-state index contributed by atoms with van der Waals surface area (Å²) in [7, 11) is 5.90. The molecular formula is C26H44N2O8S4. The Labute approximate surface area is 254 Å². The molecule has 4 atom stereocenters. The van der Waals surface area contributed by atoms with E-state index in [4.69, 9.17) is 9.47 Å². The molecule has 40 heavy (non-hydrogen) atoms. The lowest BCUT2D eigenvalue weighted by Crippen LogP contribution is -2.42. The number of thioether (sulfide) groups is 2. The van der Waals surface area contributed by atoms with Gasteiger partial charge in [0.2, 0.25) is 11.8 Å². The fourth-order valence-electron chi connectivity index (χ4n) is 3.13. The second-order valence-electron chi connectivity index (χ2n) is 8.47. The van der Waals surface area contributed by atoms with Gasteiger partial charge in [0, 0.05) is 11.5 Å². The first-order valence-electron chi connectivity index (χ1n) is 12.8. The van der Waals surface area contributed by atoms with Crippen molar-refractivity contribution in [1.82, 2.24) is 10.6 Å². The average Bonchev–Trinajstić information content (AvgIpc) is 2.93. The molecule has 0 aromatic heterocycles. The van der Waals surface area contributed by atoms with Crippen molar-refractivity contribution in [2.24, 2.45) is 0 Å². The monoisotopic (exact) mass is 640 g/mol. The Bertz CT molecular complexity index is 737. The Morgan fingerprint density at radius 2 is 1.07 bits per heavy atom. The van der Waals surface area contributed by atoms with Crippen molar-refractivity contribution in [2.75, 3.05) is 49.7 Å². The standard InChI is InChI=1S/C26H44N2O8S4/c1-35-25(33)21(11-15-37-3)27-23(31)17-19(29)9-5-7-13-39-40-14-8-6-10-20(30)18-24(32)28-22(12-16-38-4)26(34)36-2/h5-6,9-10,19-22,29-30H,7-8,11-18H2,1-4H3,(H,27,31)(H,28,32)/b9-5+,10-6+/t19?,20?,21-,22-/m1/s1. The van der Waals surface area contributed by atoms with Crippen LogP contribution in [-0.2, 0) is 28.7 Å². The SMILES string of the molecule is COC(=O)[C@@H](CCSC)NC(=O)CC(O)/C=C/CCSSCC/C=C/C(O)CC(=O)N[C@H](CCSC)C(=O)OC. The zero-order valence-electron chi connectivity index (χ0n) is 23.7. The van der Waals surface area contributed by atoms with E-state index in [1.54, 1.807) is 57.3 Å². The third-order valence-corrected chi connectivity index (χ3v) is 8.95. The van der Waals surface area contributed by atoms with Crippen molar-refractivity contribution < 1.29 is 38.9 Å². The highest BCUT2D eigenvalue weighted by Crippen LogP contribution is 2.23. The Morgan fingerprint density at radius 1 is 0.700 bits per heavy atom. The van der Waals surface area contributed by atoms with Gasteiger partial charge in [-0.1, -0.05) is 45.9 Å². The highest BCUT2D eigenvalue weighted by Gasteiger charge is 2.22. The summed E-state index contributed by atoms with van der Waals surface area (Å²) >= 11 is 3.13. The van der Waals surface area contributed by atoms with Crippen LogP contribution >= 0.6 is 45.1 Å². The lowest BCUT2D eigenvalue weighted by molar-refractivity contribution is -0.145. The van der Waals surface area contributed by atoms with Gasteiger partial charge in [0.1, 0.15) is 12.1 Å². The molecule has 230 valence electrons. The number of ether oxygens (including phenoxy) is 2. The molecular weight excluding hydrogens is 597 g/mol. The molecule has 0 bridgehead atoms. The second kappa shape index (κ2) is 25.4. The van der Waals surface area contributed by atoms with Crippen LogP contribution in [0.1, 0.15) is 38.5 Å². The van der Waals surface area contributed by atoms with E-state index in [0.29, 0.717) is 24.3 Å². The maximum atomic E-state index is 12.1. The molecule has 0 aliphatic carbocycles. The van der Waals surface area contributed by atoms with Crippen molar-refractivity contribution in [3.63, 3.8) is 0 Å². The van der Waals surface area contributed by atoms with E-state index in [1.807, 2.05) is 24.7 Å². The largest absolute Gasteiger partial charge is 0.467 e. The number of aliphatic hydroxyl groups excluding tert-OH is 2. The number of aliphatic hydroxyl groups is 2. The number of carbonyl (C=O) groups is 4. The van der Waals surface area contributed by atoms with Gasteiger partial charge >= 0.3 is 11.9 Å². The summed E-state index contributed by atoms with van der Waals surface area (Å²) in [5.74, 6) is 1.24. The van der Waals surface area contributed by atoms with Crippen molar-refractivity contribution in [2.45, 2.75) is 62.8 Å². The molecule has 0 spiro atoms. The number of amides is 2. The van der Waals surface area contributed by atoms with Crippen LogP contribution in [0.25, 0.3) is 0 Å². The molecule has 0 radical (unpaired) electrons. The minimum Gasteiger partial charge on any atom is -0.467 e. The molecule has 14 heteroatoms. The molecule has 10 nitrogen and oxygen atoms in total. The van der Waals surface area contributed by atoms with E-state index < -0.39 is 48.0 Å². The fraction of sp³-hybridized carbons (Fsp3) is 0.692. The van der Waals surface area contributed by atoms with E-state index >= 15 is 0 Å². The highest BCUT2D eigenvalue weighted by atomic mass is 33.1. The van der Waals surface area contributed by atoms with Gasteiger partial charge in [-0.3, -0.25) is 9.59 Å². The average molecular weight is 641 g/mol. The molecule has 0 aromatic rings. The third kappa shape index (κ3) is 20.5. The molecule has 0 heterocycles. The Balaban J connectivity index is 4.08. The van der Waals surface area contributed by atoms with Crippen LogP contribution in [0.3, 0.4) is 0 Å². The van der Waals surface area contributed by atoms with Gasteiger partial charge in [-0.2, -0.15) is 23.5 Å². The molecule has 0 aromatic carbocycles. The summed E-state index contributed by atoms with van der Waals surface area (Å²) in [6.07, 6.45) is 10.9. The molecule has 0 rings (SSSR count). The molecule has 0 saturated heterocycles. The highest BCUT2D eigenvalue weighted by molar-refractivity contribution is 8.76. The number of methoxy groups -OCH3 is 2. The van der Waals surface area contributed by atoms with Gasteiger partial charge in [-0.15, -0.1) is 0 Å². The second-order valence-corrected chi connectivity index (χ2v) is 13.1.